The summed E-state index contributed by atoms with van der Waals surface area (Å²) in [4.78, 5) is 13.1. The van der Waals surface area contributed by atoms with Crippen LogP contribution in [0.5, 0.6) is 0 Å². The zero-order valence-corrected chi connectivity index (χ0v) is 14.4. The van der Waals surface area contributed by atoms with Crippen LogP contribution in [0.15, 0.2) is 30.3 Å². The molecule has 4 heteroatoms. The van der Waals surface area contributed by atoms with Crippen LogP contribution in [0.4, 0.5) is 0 Å². The van der Waals surface area contributed by atoms with Gasteiger partial charge in [0.05, 0.1) is 9.29 Å². The molecule has 0 saturated heterocycles. The van der Waals surface area contributed by atoms with Crippen LogP contribution in [0.2, 0.25) is 0 Å². The molecule has 1 aromatic rings. The van der Waals surface area contributed by atoms with Crippen molar-refractivity contribution < 1.29 is 31.1 Å². The molecule has 26 heavy (non-hydrogen) atoms. The number of rotatable bonds is 7. The van der Waals surface area contributed by atoms with Gasteiger partial charge in [0.25, 0.3) is 0 Å². The van der Waals surface area contributed by atoms with Gasteiger partial charge >= 0.3 is 5.97 Å². The van der Waals surface area contributed by atoms with Gasteiger partial charge in [0.1, 0.15) is 0 Å². The first-order valence-electron chi connectivity index (χ1n) is 14.5. The van der Waals surface area contributed by atoms with Gasteiger partial charge in [-0.3, -0.25) is 4.90 Å². The SMILES string of the molecule is [2H]C([2H])(C#CCN(C([2H])([2H])C([2H])([2H])[2H])C([2H])([2H])C([2H])([2H])[2H])OC(=O)[C@](O)(c1ccccc1)C1CCCCC1. The van der Waals surface area contributed by atoms with Crippen molar-refractivity contribution in [2.45, 2.75) is 51.4 Å². The maximum absolute atomic E-state index is 13.2. The predicted molar refractivity (Wildman–Crippen MR) is 103 cm³/mol. The Bertz CT molecular complexity index is 998. The minimum Gasteiger partial charge on any atom is -0.450 e. The second-order valence-electron chi connectivity index (χ2n) is 6.07. The molecule has 1 aliphatic carbocycles. The average Bonchev–Trinajstić information content (AvgIpc) is 2.80. The van der Waals surface area contributed by atoms with E-state index in [-0.39, 0.29) is 10.5 Å². The number of ether oxygens (including phenoxy) is 1. The van der Waals surface area contributed by atoms with Crippen molar-refractivity contribution in [1.82, 2.24) is 4.90 Å². The van der Waals surface area contributed by atoms with E-state index in [4.69, 9.17) is 21.2 Å². The fourth-order valence-corrected chi connectivity index (χ4v) is 3.14. The lowest BCUT2D eigenvalue weighted by Gasteiger charge is -2.36. The molecule has 1 aromatic carbocycles. The zero-order valence-electron chi connectivity index (χ0n) is 26.4. The zero-order chi connectivity index (χ0) is 29.2. The van der Waals surface area contributed by atoms with Crippen molar-refractivity contribution in [3.63, 3.8) is 0 Å². The van der Waals surface area contributed by atoms with Gasteiger partial charge in [-0.25, -0.2) is 4.79 Å². The van der Waals surface area contributed by atoms with E-state index in [1.807, 2.05) is 11.8 Å². The lowest BCUT2D eigenvalue weighted by molar-refractivity contribution is -0.174. The monoisotopic (exact) mass is 369 g/mol. The van der Waals surface area contributed by atoms with Crippen molar-refractivity contribution in [2.24, 2.45) is 5.92 Å². The van der Waals surface area contributed by atoms with E-state index in [0.717, 1.165) is 19.3 Å². The standard InChI is InChI=1S/C22H31NO3/c1-3-23(4-2)17-11-12-18-26-21(24)22(25,19-13-7-5-8-14-19)20-15-9-6-10-16-20/h5,7-8,13-14,20,25H,3-4,6,9-10,15-18H2,1-2H3/t22-/m0/s1/i1D3,2D3,3D2,4D2,18D2. The van der Waals surface area contributed by atoms with E-state index in [9.17, 15) is 9.90 Å². The molecule has 2 rings (SSSR count). The van der Waals surface area contributed by atoms with E-state index in [2.05, 4.69) is 0 Å². The Morgan fingerprint density at radius 1 is 1.27 bits per heavy atom. The first-order valence-corrected chi connectivity index (χ1v) is 8.47. The predicted octanol–water partition coefficient (Wildman–Crippen LogP) is 3.34. The number of hydrogen-bond donors (Lipinski definition) is 1. The van der Waals surface area contributed by atoms with Crippen LogP contribution in [0.25, 0.3) is 0 Å². The van der Waals surface area contributed by atoms with Gasteiger partial charge < -0.3 is 9.84 Å². The summed E-state index contributed by atoms with van der Waals surface area (Å²) in [6.45, 7) is -18.2. The number of aliphatic hydroxyl groups is 1. The number of hydrogen-bond acceptors (Lipinski definition) is 4. The minimum absolute atomic E-state index is 0.132. The number of esters is 1. The van der Waals surface area contributed by atoms with Crippen LogP contribution in [-0.4, -0.2) is 42.1 Å². The summed E-state index contributed by atoms with van der Waals surface area (Å²) in [5.74, 6) is 2.05. The molecule has 1 fully saturated rings. The summed E-state index contributed by atoms with van der Waals surface area (Å²) in [5.41, 5.74) is -1.97. The van der Waals surface area contributed by atoms with Crippen LogP contribution in [0.3, 0.4) is 0 Å². The second-order valence-corrected chi connectivity index (χ2v) is 6.07. The van der Waals surface area contributed by atoms with E-state index >= 15 is 0 Å². The Hall–Kier alpha value is -1.83. The lowest BCUT2D eigenvalue weighted by Crippen LogP contribution is -2.45. The molecular weight excluding hydrogens is 326 g/mol. The first kappa shape index (κ1) is 9.39. The van der Waals surface area contributed by atoms with Gasteiger partial charge in [-0.1, -0.05) is 75.1 Å². The van der Waals surface area contributed by atoms with Crippen molar-refractivity contribution in [3.8, 4) is 11.8 Å². The molecule has 1 aliphatic rings. The number of benzene rings is 1. The van der Waals surface area contributed by atoms with Crippen molar-refractivity contribution in [3.05, 3.63) is 35.9 Å². The summed E-state index contributed by atoms with van der Waals surface area (Å²) >= 11 is 0. The van der Waals surface area contributed by atoms with Crippen LogP contribution in [-0.2, 0) is 15.1 Å². The third-order valence-corrected chi connectivity index (χ3v) is 4.51. The second kappa shape index (κ2) is 10.4. The molecule has 0 amide bonds. The normalized spacial score (nSPS) is 26.7. The fraction of sp³-hybridized carbons (Fsp3) is 0.591. The van der Waals surface area contributed by atoms with Crippen molar-refractivity contribution in [1.29, 1.82) is 0 Å². The van der Waals surface area contributed by atoms with Gasteiger partial charge in [-0.15, -0.1) is 0 Å². The van der Waals surface area contributed by atoms with Gasteiger partial charge in [0.2, 0.25) is 0 Å². The fourth-order valence-electron chi connectivity index (χ4n) is 3.14. The highest BCUT2D eigenvalue weighted by molar-refractivity contribution is 5.81. The molecule has 0 aliphatic heterocycles. The lowest BCUT2D eigenvalue weighted by atomic mass is 9.73. The molecule has 0 unspecified atom stereocenters. The Kier molecular flexibility index (Phi) is 3.74. The molecule has 1 saturated carbocycles. The molecule has 0 radical (unpaired) electrons. The summed E-state index contributed by atoms with van der Waals surface area (Å²) in [7, 11) is 0. The minimum atomic E-state index is -3.50. The van der Waals surface area contributed by atoms with E-state index in [1.54, 1.807) is 18.2 Å². The van der Waals surface area contributed by atoms with E-state index < -0.39 is 57.3 Å². The van der Waals surface area contributed by atoms with Gasteiger partial charge in [-0.2, -0.15) is 0 Å². The van der Waals surface area contributed by atoms with Crippen LogP contribution in [0, 0.1) is 17.8 Å². The number of carbonyl (C=O) groups excluding carboxylic acids is 1. The Labute approximate surface area is 174 Å². The maximum atomic E-state index is 13.2. The summed E-state index contributed by atoms with van der Waals surface area (Å²) in [6.07, 6.45) is 3.43. The molecule has 0 bridgehead atoms. The first-order chi connectivity index (χ1) is 17.2. The summed E-state index contributed by atoms with van der Waals surface area (Å²) < 4.78 is 96.8. The Balaban J connectivity index is 2.37. The molecular formula is C22H31NO3. The highest BCUT2D eigenvalue weighted by Crippen LogP contribution is 2.40. The highest BCUT2D eigenvalue weighted by Gasteiger charge is 2.46. The summed E-state index contributed by atoms with van der Waals surface area (Å²) in [6, 6.07) is 7.93. The molecule has 1 atom stereocenters. The maximum Gasteiger partial charge on any atom is 0.344 e. The Morgan fingerprint density at radius 3 is 2.62 bits per heavy atom. The topological polar surface area (TPSA) is 49.8 Å². The third-order valence-electron chi connectivity index (χ3n) is 4.51. The van der Waals surface area contributed by atoms with Gasteiger partial charge in [0.15, 0.2) is 12.2 Å². The van der Waals surface area contributed by atoms with E-state index in [0.29, 0.717) is 12.8 Å². The van der Waals surface area contributed by atoms with Crippen molar-refractivity contribution >= 4 is 5.97 Å². The number of nitrogens with zero attached hydrogens (tertiary/aromatic N) is 1. The van der Waals surface area contributed by atoms with Crippen LogP contribution in [0.1, 0.15) is 67.8 Å². The largest absolute Gasteiger partial charge is 0.450 e. The van der Waals surface area contributed by atoms with Crippen molar-refractivity contribution in [2.75, 3.05) is 26.1 Å². The van der Waals surface area contributed by atoms with Gasteiger partial charge in [0, 0.05) is 19.6 Å². The van der Waals surface area contributed by atoms with Crippen LogP contribution >= 0.6 is 0 Å². The molecule has 0 spiro atoms. The quantitative estimate of drug-likeness (QED) is 0.591. The summed E-state index contributed by atoms with van der Waals surface area (Å²) in [5, 5.41) is 11.5. The molecule has 0 aromatic heterocycles. The molecule has 0 heterocycles. The molecule has 1 N–H and O–H groups in total. The van der Waals surface area contributed by atoms with Crippen LogP contribution < -0.4 is 0 Å². The molecule has 142 valence electrons. The van der Waals surface area contributed by atoms with E-state index in [1.165, 1.54) is 12.1 Å². The highest BCUT2D eigenvalue weighted by atomic mass is 16.5. The molecule has 4 nitrogen and oxygen atoms in total. The third kappa shape index (κ3) is 5.09. The number of carbonyl (C=O) groups is 1. The van der Waals surface area contributed by atoms with Gasteiger partial charge in [-0.05, 0) is 31.4 Å². The Morgan fingerprint density at radius 2 is 1.96 bits per heavy atom. The average molecular weight is 370 g/mol. The smallest absolute Gasteiger partial charge is 0.344 e.